The Hall–Kier alpha value is -3.31. The van der Waals surface area contributed by atoms with Crippen molar-refractivity contribution in [3.05, 3.63) is 162 Å². The van der Waals surface area contributed by atoms with Crippen molar-refractivity contribution in [2.45, 2.75) is 42.9 Å². The van der Waals surface area contributed by atoms with Gasteiger partial charge in [-0.05, 0) is 87.6 Å². The molecule has 1 aromatic heterocycles. The fourth-order valence-electron chi connectivity index (χ4n) is 5.60. The first-order valence-corrected chi connectivity index (χ1v) is 18.8. The summed E-state index contributed by atoms with van der Waals surface area (Å²) in [4.78, 5) is 1.18. The Labute approximate surface area is 276 Å². The third-order valence-corrected chi connectivity index (χ3v) is 13.0. The van der Waals surface area contributed by atoms with Gasteiger partial charge in [-0.25, -0.2) is 0 Å². The molecule has 0 spiro atoms. The average molecular weight is 647 g/mol. The zero-order chi connectivity index (χ0) is 31.2. The van der Waals surface area contributed by atoms with Gasteiger partial charge in [-0.3, -0.25) is 3.97 Å². The largest absolute Gasteiger partial charge is 0.598 e. The predicted molar refractivity (Wildman–Crippen MR) is 197 cm³/mol. The average Bonchev–Trinajstić information content (AvgIpc) is 3.37. The van der Waals surface area contributed by atoms with Crippen molar-refractivity contribution in [2.75, 3.05) is 6.16 Å². The van der Waals surface area contributed by atoms with Crippen molar-refractivity contribution in [3.8, 4) is 0 Å². The van der Waals surface area contributed by atoms with Crippen LogP contribution >= 0.6 is 19.9 Å². The molecule has 0 amide bonds. The summed E-state index contributed by atoms with van der Waals surface area (Å²) in [5.41, 5.74) is 4.74. The third kappa shape index (κ3) is 7.41. The summed E-state index contributed by atoms with van der Waals surface area (Å²) in [5, 5.41) is 3.95. The maximum absolute atomic E-state index is 13.8. The molecule has 3 nitrogen and oxygen atoms in total. The molecule has 0 bridgehead atoms. The zero-order valence-corrected chi connectivity index (χ0v) is 28.5. The normalized spacial score (nSPS) is 13.3. The van der Waals surface area contributed by atoms with E-state index in [0.29, 0.717) is 0 Å². The quantitative estimate of drug-likeness (QED) is 0.113. The van der Waals surface area contributed by atoms with Crippen molar-refractivity contribution in [1.82, 2.24) is 8.69 Å². The minimum Gasteiger partial charge on any atom is -0.598 e. The summed E-state index contributed by atoms with van der Waals surface area (Å²) in [6.45, 7) is 6.08. The Morgan fingerprint density at radius 2 is 1.22 bits per heavy atom. The summed E-state index contributed by atoms with van der Waals surface area (Å²) in [5.74, 6) is 0. The Bertz CT molecular complexity index is 1770. The summed E-state index contributed by atoms with van der Waals surface area (Å²) in [7, 11) is -0.600. The maximum atomic E-state index is 13.8. The monoisotopic (exact) mass is 646 g/mol. The van der Waals surface area contributed by atoms with Crippen LogP contribution in [0.25, 0.3) is 10.9 Å². The molecule has 0 saturated carbocycles. The molecule has 0 unspecified atom stereocenters. The van der Waals surface area contributed by atoms with Crippen LogP contribution in [0.3, 0.4) is 0 Å². The van der Waals surface area contributed by atoms with Crippen molar-refractivity contribution in [3.63, 3.8) is 0 Å². The molecule has 6 heteroatoms. The lowest BCUT2D eigenvalue weighted by Gasteiger charge is -2.29. The SMILES string of the molecule is CC(C)(C)[S@@+]([O-])N[C@H](c1ccccc1)c1c(CCP(c2ccccc2)c2ccccc2)n(Sc2ccccc2)c2ccccc12. The number of para-hydroxylation sites is 1. The molecule has 0 aliphatic heterocycles. The highest BCUT2D eigenvalue weighted by Gasteiger charge is 2.34. The van der Waals surface area contributed by atoms with Crippen LogP contribution < -0.4 is 15.3 Å². The van der Waals surface area contributed by atoms with Crippen molar-refractivity contribution >= 4 is 52.7 Å². The van der Waals surface area contributed by atoms with E-state index in [0.717, 1.165) is 18.1 Å². The molecule has 0 fully saturated rings. The van der Waals surface area contributed by atoms with Gasteiger partial charge in [0.2, 0.25) is 0 Å². The molecule has 0 aliphatic rings. The van der Waals surface area contributed by atoms with E-state index in [4.69, 9.17) is 0 Å². The van der Waals surface area contributed by atoms with Crippen LogP contribution in [-0.2, 0) is 17.8 Å². The molecule has 0 aliphatic carbocycles. The van der Waals surface area contributed by atoms with Gasteiger partial charge in [0.25, 0.3) is 0 Å². The van der Waals surface area contributed by atoms with E-state index in [-0.39, 0.29) is 6.04 Å². The van der Waals surface area contributed by atoms with E-state index in [1.165, 1.54) is 37.7 Å². The molecule has 0 saturated heterocycles. The molecular formula is C39H39N2OPS2. The second kappa shape index (κ2) is 14.4. The van der Waals surface area contributed by atoms with Crippen molar-refractivity contribution in [2.24, 2.45) is 0 Å². The zero-order valence-electron chi connectivity index (χ0n) is 26.0. The number of nitrogens with one attached hydrogen (secondary N) is 1. The number of hydrogen-bond acceptors (Lipinski definition) is 3. The minimum absolute atomic E-state index is 0.247. The third-order valence-electron chi connectivity index (χ3n) is 7.82. The Kier molecular flexibility index (Phi) is 10.1. The van der Waals surface area contributed by atoms with Crippen LogP contribution in [-0.4, -0.2) is 19.4 Å². The molecule has 6 aromatic rings. The molecule has 5 aromatic carbocycles. The Morgan fingerprint density at radius 1 is 0.711 bits per heavy atom. The number of rotatable bonds is 11. The van der Waals surface area contributed by atoms with Crippen molar-refractivity contribution < 1.29 is 4.55 Å². The fourth-order valence-corrected chi connectivity index (χ4v) is 9.78. The van der Waals surface area contributed by atoms with E-state index < -0.39 is 24.0 Å². The summed E-state index contributed by atoms with van der Waals surface area (Å²) in [6.07, 6.45) is 1.86. The van der Waals surface area contributed by atoms with Gasteiger partial charge in [-0.15, -0.1) is 4.72 Å². The highest BCUT2D eigenvalue weighted by atomic mass is 32.2. The summed E-state index contributed by atoms with van der Waals surface area (Å²) < 4.78 is 19.4. The van der Waals surface area contributed by atoms with Gasteiger partial charge < -0.3 is 4.55 Å². The van der Waals surface area contributed by atoms with Gasteiger partial charge in [0.1, 0.15) is 10.8 Å². The number of benzene rings is 5. The molecule has 45 heavy (non-hydrogen) atoms. The Balaban J connectivity index is 1.53. The van der Waals surface area contributed by atoms with Gasteiger partial charge in [0.15, 0.2) is 0 Å². The Morgan fingerprint density at radius 3 is 1.80 bits per heavy atom. The summed E-state index contributed by atoms with van der Waals surface area (Å²) >= 11 is 0.483. The van der Waals surface area contributed by atoms with Gasteiger partial charge in [0, 0.05) is 32.9 Å². The highest BCUT2D eigenvalue weighted by Crippen LogP contribution is 2.42. The number of fused-ring (bicyclic) bond motifs is 1. The van der Waals surface area contributed by atoms with E-state index in [1.807, 2.05) is 26.8 Å². The van der Waals surface area contributed by atoms with Crippen LogP contribution in [0.4, 0.5) is 0 Å². The van der Waals surface area contributed by atoms with E-state index in [9.17, 15) is 4.55 Å². The van der Waals surface area contributed by atoms with Gasteiger partial charge in [0.05, 0.1) is 5.52 Å². The van der Waals surface area contributed by atoms with Gasteiger partial charge in [-0.2, -0.15) is 0 Å². The van der Waals surface area contributed by atoms with Crippen LogP contribution in [0, 0.1) is 0 Å². The molecule has 2 atom stereocenters. The van der Waals surface area contributed by atoms with Crippen molar-refractivity contribution in [1.29, 1.82) is 0 Å². The first-order chi connectivity index (χ1) is 21.9. The minimum atomic E-state index is -1.28. The van der Waals surface area contributed by atoms with E-state index in [1.54, 1.807) is 11.9 Å². The lowest BCUT2D eigenvalue weighted by atomic mass is 9.96. The molecule has 1 N–H and O–H groups in total. The maximum Gasteiger partial charge on any atom is 0.136 e. The van der Waals surface area contributed by atoms with Crippen LogP contribution in [0.1, 0.15) is 43.6 Å². The lowest BCUT2D eigenvalue weighted by Crippen LogP contribution is -2.41. The van der Waals surface area contributed by atoms with Crippen LogP contribution in [0.5, 0.6) is 0 Å². The summed E-state index contributed by atoms with van der Waals surface area (Å²) in [6, 6.07) is 51.4. The topological polar surface area (TPSA) is 40.0 Å². The smallest absolute Gasteiger partial charge is 0.136 e. The molecular weight excluding hydrogens is 608 g/mol. The number of aromatic nitrogens is 1. The second-order valence-electron chi connectivity index (χ2n) is 12.0. The van der Waals surface area contributed by atoms with E-state index in [2.05, 4.69) is 148 Å². The van der Waals surface area contributed by atoms with Crippen LogP contribution in [0.15, 0.2) is 150 Å². The fraction of sp³-hybridized carbons (Fsp3) is 0.179. The molecule has 228 valence electrons. The lowest BCUT2D eigenvalue weighted by molar-refractivity contribution is 0.535. The predicted octanol–water partition coefficient (Wildman–Crippen LogP) is 9.01. The van der Waals surface area contributed by atoms with Crippen LogP contribution in [0.2, 0.25) is 0 Å². The first kappa shape index (κ1) is 31.7. The first-order valence-electron chi connectivity index (χ1n) is 15.4. The van der Waals surface area contributed by atoms with Gasteiger partial charge >= 0.3 is 0 Å². The number of hydrogen-bond donors (Lipinski definition) is 1. The highest BCUT2D eigenvalue weighted by molar-refractivity contribution is 7.98. The number of nitrogens with zero attached hydrogens (tertiary/aromatic N) is 1. The molecule has 1 heterocycles. The van der Waals surface area contributed by atoms with Gasteiger partial charge in [-0.1, -0.05) is 127 Å². The van der Waals surface area contributed by atoms with E-state index >= 15 is 0 Å². The molecule has 0 radical (unpaired) electrons. The second-order valence-corrected chi connectivity index (χ2v) is 17.3. The molecule has 6 rings (SSSR count). The standard InChI is InChI=1S/C39H39N2OPS2/c1-39(2,3)45(42)40-38(30-18-8-4-9-19-30)37-34-26-16-17-27-35(34)41(44-33-24-14-7-15-25-33)36(37)28-29-43(31-20-10-5-11-21-31)32-22-12-6-13-23-32/h4-27,38,40H,28-29H2,1-3H3/t38-,45-/m1/s1.